The van der Waals surface area contributed by atoms with Crippen LogP contribution in [0.15, 0.2) is 90.1 Å². The Hall–Kier alpha value is -4.19. The molecule has 0 saturated carbocycles. The van der Waals surface area contributed by atoms with Crippen LogP contribution >= 0.6 is 22.9 Å². The first kappa shape index (κ1) is 27.4. The average Bonchev–Trinajstić information content (AvgIpc) is 3.43. The van der Waals surface area contributed by atoms with Gasteiger partial charge in [-0.05, 0) is 72.3 Å². The van der Waals surface area contributed by atoms with E-state index in [9.17, 15) is 13.2 Å². The molecule has 2 aromatic heterocycles. The number of carbonyl (C=O) groups is 1. The van der Waals surface area contributed by atoms with E-state index in [0.717, 1.165) is 5.56 Å². The fourth-order valence-electron chi connectivity index (χ4n) is 3.93. The van der Waals surface area contributed by atoms with Crippen LogP contribution in [-0.4, -0.2) is 38.5 Å². The van der Waals surface area contributed by atoms with Gasteiger partial charge in [-0.25, -0.2) is 13.4 Å². The molecule has 0 radical (unpaired) electrons. The maximum Gasteiger partial charge on any atom is 0.261 e. The van der Waals surface area contributed by atoms with Gasteiger partial charge in [0.2, 0.25) is 0 Å². The molecule has 12 heteroatoms. The summed E-state index contributed by atoms with van der Waals surface area (Å²) in [5.74, 6) is 0.762. The van der Waals surface area contributed by atoms with E-state index < -0.39 is 10.0 Å². The zero-order chi connectivity index (χ0) is 28.3. The summed E-state index contributed by atoms with van der Waals surface area (Å²) in [6.07, 6.45) is 3.34. The number of carbonyl (C=O) groups excluding carboxylic acids is 1. The number of rotatable bonds is 9. The largest absolute Gasteiger partial charge is 0.497 e. The van der Waals surface area contributed by atoms with E-state index in [1.165, 1.54) is 47.6 Å². The number of nitrogens with one attached hydrogen (secondary N) is 1. The maximum atomic E-state index is 13.8. The summed E-state index contributed by atoms with van der Waals surface area (Å²) < 4.78 is 39.4. The molecule has 40 heavy (non-hydrogen) atoms. The van der Waals surface area contributed by atoms with E-state index in [0.29, 0.717) is 43.1 Å². The highest BCUT2D eigenvalue weighted by atomic mass is 35.5. The highest BCUT2D eigenvalue weighted by Gasteiger charge is 2.24. The molecule has 2 heterocycles. The molecule has 9 nitrogen and oxygen atoms in total. The predicted octanol–water partition coefficient (Wildman–Crippen LogP) is 6.01. The van der Waals surface area contributed by atoms with Crippen LogP contribution in [0.3, 0.4) is 0 Å². The maximum absolute atomic E-state index is 13.8. The normalized spacial score (nSPS) is 11.3. The lowest BCUT2D eigenvalue weighted by molar-refractivity contribution is 0.0985. The van der Waals surface area contributed by atoms with Crippen molar-refractivity contribution >= 4 is 59.9 Å². The number of nitrogens with zero attached hydrogens (tertiary/aromatic N) is 3. The van der Waals surface area contributed by atoms with Crippen LogP contribution in [0.25, 0.3) is 10.2 Å². The van der Waals surface area contributed by atoms with Gasteiger partial charge in [-0.2, -0.15) is 0 Å². The van der Waals surface area contributed by atoms with Crippen LogP contribution in [0.1, 0.15) is 15.9 Å². The Bertz CT molecular complexity index is 1760. The molecular weight excluding hydrogens is 572 g/mol. The van der Waals surface area contributed by atoms with Gasteiger partial charge in [0, 0.05) is 23.6 Å². The van der Waals surface area contributed by atoms with Crippen molar-refractivity contribution in [3.63, 3.8) is 0 Å². The van der Waals surface area contributed by atoms with E-state index in [2.05, 4.69) is 9.71 Å². The van der Waals surface area contributed by atoms with Gasteiger partial charge in [0.1, 0.15) is 17.0 Å². The molecule has 0 saturated heterocycles. The van der Waals surface area contributed by atoms with Gasteiger partial charge >= 0.3 is 0 Å². The van der Waals surface area contributed by atoms with Gasteiger partial charge in [-0.1, -0.05) is 29.0 Å². The number of thiazole rings is 1. The van der Waals surface area contributed by atoms with Crippen molar-refractivity contribution in [3.05, 3.63) is 101 Å². The van der Waals surface area contributed by atoms with Gasteiger partial charge in [0.25, 0.3) is 15.9 Å². The second-order valence-electron chi connectivity index (χ2n) is 8.53. The van der Waals surface area contributed by atoms with Crippen molar-refractivity contribution in [1.82, 2.24) is 9.97 Å². The van der Waals surface area contributed by atoms with Gasteiger partial charge in [0.05, 0.1) is 35.4 Å². The number of sulfonamides is 1. The zero-order valence-electron chi connectivity index (χ0n) is 21.4. The second-order valence-corrected chi connectivity index (χ2v) is 11.6. The number of benzene rings is 3. The van der Waals surface area contributed by atoms with E-state index in [1.54, 1.807) is 62.0 Å². The number of halogens is 1. The van der Waals surface area contributed by atoms with Gasteiger partial charge in [-0.15, -0.1) is 0 Å². The lowest BCUT2D eigenvalue weighted by atomic mass is 10.1. The average molecular weight is 595 g/mol. The Morgan fingerprint density at radius 1 is 1.00 bits per heavy atom. The summed E-state index contributed by atoms with van der Waals surface area (Å²) in [6.45, 7) is 0.207. The summed E-state index contributed by atoms with van der Waals surface area (Å²) in [5, 5.41) is 0.932. The molecule has 0 fully saturated rings. The van der Waals surface area contributed by atoms with E-state index >= 15 is 0 Å². The van der Waals surface area contributed by atoms with E-state index in [4.69, 9.17) is 26.1 Å². The summed E-state index contributed by atoms with van der Waals surface area (Å²) >= 11 is 7.71. The molecule has 0 unspecified atom stereocenters. The second kappa shape index (κ2) is 11.5. The molecule has 0 aliphatic heterocycles. The number of amides is 1. The molecule has 5 rings (SSSR count). The Morgan fingerprint density at radius 3 is 2.40 bits per heavy atom. The number of aromatic nitrogens is 2. The molecule has 0 aliphatic rings. The first-order valence-electron chi connectivity index (χ1n) is 11.9. The van der Waals surface area contributed by atoms with Crippen LogP contribution in [-0.2, 0) is 16.6 Å². The minimum absolute atomic E-state index is 0.0843. The highest BCUT2D eigenvalue weighted by molar-refractivity contribution is 7.92. The third-order valence-electron chi connectivity index (χ3n) is 5.96. The molecule has 3 aromatic carbocycles. The van der Waals surface area contributed by atoms with Crippen molar-refractivity contribution in [3.8, 4) is 11.5 Å². The molecular formula is C28H23ClN4O5S2. The summed E-state index contributed by atoms with van der Waals surface area (Å²) in [7, 11) is -0.786. The third-order valence-corrected chi connectivity index (χ3v) is 8.90. The number of pyridine rings is 1. The van der Waals surface area contributed by atoms with Crippen LogP contribution in [0.5, 0.6) is 11.5 Å². The van der Waals surface area contributed by atoms with Crippen molar-refractivity contribution in [2.24, 2.45) is 0 Å². The first-order valence-corrected chi connectivity index (χ1v) is 14.6. The Balaban J connectivity index is 1.44. The minimum Gasteiger partial charge on any atom is -0.497 e. The monoisotopic (exact) mass is 594 g/mol. The van der Waals surface area contributed by atoms with Crippen LogP contribution in [0.2, 0.25) is 5.02 Å². The van der Waals surface area contributed by atoms with Crippen LogP contribution in [0, 0.1) is 0 Å². The van der Waals surface area contributed by atoms with Crippen molar-refractivity contribution in [1.29, 1.82) is 0 Å². The molecule has 0 atom stereocenters. The SMILES string of the molecule is COc1ccc(S(=O)(=O)Nc2ccc(C(=O)N(Cc3cccnc3)c3nc4c(OC)ccc(Cl)c4s3)cc2)cc1. The summed E-state index contributed by atoms with van der Waals surface area (Å²) in [4.78, 5) is 24.3. The number of fused-ring (bicyclic) bond motifs is 1. The van der Waals surface area contributed by atoms with Gasteiger partial charge < -0.3 is 9.47 Å². The first-order chi connectivity index (χ1) is 19.3. The molecule has 204 valence electrons. The Labute approximate surface area is 240 Å². The molecule has 0 bridgehead atoms. The predicted molar refractivity (Wildman–Crippen MR) is 156 cm³/mol. The highest BCUT2D eigenvalue weighted by Crippen LogP contribution is 2.39. The summed E-state index contributed by atoms with van der Waals surface area (Å²) in [6, 6.07) is 19.3. The van der Waals surface area contributed by atoms with Crippen molar-refractivity contribution < 1.29 is 22.7 Å². The number of ether oxygens (including phenoxy) is 2. The van der Waals surface area contributed by atoms with Crippen molar-refractivity contribution in [2.45, 2.75) is 11.4 Å². The number of hydrogen-bond acceptors (Lipinski definition) is 8. The lowest BCUT2D eigenvalue weighted by Gasteiger charge is -2.20. The number of hydrogen-bond donors (Lipinski definition) is 1. The topological polar surface area (TPSA) is 111 Å². The smallest absolute Gasteiger partial charge is 0.261 e. The Morgan fingerprint density at radius 2 is 1.75 bits per heavy atom. The molecule has 1 amide bonds. The molecule has 0 spiro atoms. The molecule has 1 N–H and O–H groups in total. The Kier molecular flexibility index (Phi) is 7.88. The van der Waals surface area contributed by atoms with Gasteiger partial charge in [0.15, 0.2) is 5.13 Å². The lowest BCUT2D eigenvalue weighted by Crippen LogP contribution is -2.30. The quantitative estimate of drug-likeness (QED) is 0.222. The van der Waals surface area contributed by atoms with Gasteiger partial charge in [-0.3, -0.25) is 19.4 Å². The third kappa shape index (κ3) is 5.71. The fourth-order valence-corrected chi connectivity index (χ4v) is 6.24. The van der Waals surface area contributed by atoms with E-state index in [1.807, 2.05) is 6.07 Å². The van der Waals surface area contributed by atoms with Crippen molar-refractivity contribution in [2.75, 3.05) is 23.8 Å². The van der Waals surface area contributed by atoms with E-state index in [-0.39, 0.29) is 17.3 Å². The minimum atomic E-state index is -3.84. The van der Waals surface area contributed by atoms with Crippen LogP contribution in [0.4, 0.5) is 10.8 Å². The molecule has 0 aliphatic carbocycles. The van der Waals surface area contributed by atoms with Crippen LogP contribution < -0.4 is 19.1 Å². The number of methoxy groups -OCH3 is 2. The fraction of sp³-hybridized carbons (Fsp3) is 0.107. The number of anilines is 2. The summed E-state index contributed by atoms with van der Waals surface area (Å²) in [5.41, 5.74) is 2.01. The standard InChI is InChI=1S/C28H23ClN4O5S2/c1-37-21-9-11-22(12-10-21)40(35,36)32-20-7-5-19(6-8-20)27(34)33(17-18-4-3-15-30-16-18)28-31-25-24(38-2)14-13-23(29)26(25)39-28/h3-16,32H,17H2,1-2H3. The molecule has 5 aromatic rings. The zero-order valence-corrected chi connectivity index (χ0v) is 23.8.